The number of carbonyl (C=O) groups is 3. The fourth-order valence-corrected chi connectivity index (χ4v) is 2.89. The molecule has 2 aliphatic rings. The Bertz CT molecular complexity index is 614. The van der Waals surface area contributed by atoms with Crippen molar-refractivity contribution < 1.29 is 19.1 Å². The summed E-state index contributed by atoms with van der Waals surface area (Å²) in [5.74, 6) is -0.812. The van der Waals surface area contributed by atoms with Crippen LogP contribution in [0.2, 0.25) is 0 Å². The zero-order valence-electron chi connectivity index (χ0n) is 13.4. The lowest BCUT2D eigenvalue weighted by molar-refractivity contribution is -0.153. The van der Waals surface area contributed by atoms with E-state index in [0.717, 1.165) is 0 Å². The number of ether oxygens (including phenoxy) is 1. The molecule has 0 spiro atoms. The number of hydrogen-bond acceptors (Lipinski definition) is 5. The van der Waals surface area contributed by atoms with Crippen molar-refractivity contribution in [3.05, 3.63) is 35.9 Å². The van der Waals surface area contributed by atoms with Crippen molar-refractivity contribution in [1.29, 1.82) is 0 Å². The number of piperidine rings is 1. The number of likely N-dealkylation sites (tertiary alicyclic amines) is 1. The molecule has 0 radical (unpaired) electrons. The number of hydrogen-bond donors (Lipinski definition) is 1. The van der Waals surface area contributed by atoms with Crippen LogP contribution in [-0.4, -0.2) is 66.5 Å². The molecule has 1 aromatic rings. The number of rotatable bonds is 4. The summed E-state index contributed by atoms with van der Waals surface area (Å²) in [6.07, 6.45) is 0.603. The van der Waals surface area contributed by atoms with E-state index in [1.165, 1.54) is 4.90 Å². The number of imide groups is 1. The fraction of sp³-hybridized carbons (Fsp3) is 0.471. The van der Waals surface area contributed by atoms with E-state index >= 15 is 0 Å². The predicted octanol–water partition coefficient (Wildman–Crippen LogP) is 0.224. The second kappa shape index (κ2) is 7.55. The van der Waals surface area contributed by atoms with Crippen molar-refractivity contribution in [2.75, 3.05) is 33.0 Å². The minimum absolute atomic E-state index is 0.184. The van der Waals surface area contributed by atoms with Crippen LogP contribution in [0, 0.1) is 0 Å². The van der Waals surface area contributed by atoms with Crippen LogP contribution in [0.4, 0.5) is 0 Å². The Labute approximate surface area is 140 Å². The van der Waals surface area contributed by atoms with Crippen LogP contribution in [0.15, 0.2) is 30.3 Å². The maximum atomic E-state index is 12.6. The van der Waals surface area contributed by atoms with Crippen molar-refractivity contribution >= 4 is 17.7 Å². The maximum Gasteiger partial charge on any atom is 0.252 e. The molecule has 0 aromatic heterocycles. The number of benzene rings is 1. The Balaban J connectivity index is 1.63. The number of morpholine rings is 1. The molecular weight excluding hydrogens is 310 g/mol. The molecule has 0 bridgehead atoms. The highest BCUT2D eigenvalue weighted by Gasteiger charge is 2.36. The number of amides is 3. The van der Waals surface area contributed by atoms with E-state index in [1.54, 1.807) is 24.3 Å². The molecule has 24 heavy (non-hydrogen) atoms. The van der Waals surface area contributed by atoms with Gasteiger partial charge in [-0.3, -0.25) is 24.2 Å². The third-order valence-electron chi connectivity index (χ3n) is 4.30. The summed E-state index contributed by atoms with van der Waals surface area (Å²) >= 11 is 0. The number of nitrogens with one attached hydrogen (secondary N) is 1. The van der Waals surface area contributed by atoms with Crippen LogP contribution < -0.4 is 5.32 Å². The predicted molar refractivity (Wildman–Crippen MR) is 86.0 cm³/mol. The second-order valence-electron chi connectivity index (χ2n) is 5.96. The quantitative estimate of drug-likeness (QED) is 0.799. The molecule has 2 aliphatic heterocycles. The lowest BCUT2D eigenvalue weighted by Gasteiger charge is -2.36. The monoisotopic (exact) mass is 331 g/mol. The Hall–Kier alpha value is -2.25. The van der Waals surface area contributed by atoms with Gasteiger partial charge in [0.2, 0.25) is 5.91 Å². The smallest absolute Gasteiger partial charge is 0.252 e. The summed E-state index contributed by atoms with van der Waals surface area (Å²) < 4.78 is 5.28. The summed E-state index contributed by atoms with van der Waals surface area (Å²) in [4.78, 5) is 40.2. The van der Waals surface area contributed by atoms with Crippen molar-refractivity contribution in [1.82, 2.24) is 15.1 Å². The zero-order valence-corrected chi connectivity index (χ0v) is 13.4. The van der Waals surface area contributed by atoms with Crippen LogP contribution in [-0.2, 0) is 14.3 Å². The molecule has 2 saturated heterocycles. The molecule has 3 amide bonds. The summed E-state index contributed by atoms with van der Waals surface area (Å²) in [7, 11) is 0. The van der Waals surface area contributed by atoms with Crippen LogP contribution in [0.1, 0.15) is 23.2 Å². The van der Waals surface area contributed by atoms with Gasteiger partial charge in [0, 0.05) is 25.1 Å². The van der Waals surface area contributed by atoms with Crippen molar-refractivity contribution in [2.45, 2.75) is 18.9 Å². The Morgan fingerprint density at radius 2 is 1.88 bits per heavy atom. The Kier molecular flexibility index (Phi) is 5.22. The van der Waals surface area contributed by atoms with Gasteiger partial charge in [-0.15, -0.1) is 0 Å². The molecule has 3 rings (SSSR count). The molecule has 7 nitrogen and oxygen atoms in total. The van der Waals surface area contributed by atoms with E-state index in [4.69, 9.17) is 4.74 Å². The van der Waals surface area contributed by atoms with Crippen LogP contribution >= 0.6 is 0 Å². The SMILES string of the molecule is O=C(NC1CCC(=O)N(CN2CCOCC2)C1=O)c1ccccc1. The van der Waals surface area contributed by atoms with Gasteiger partial charge in [0.05, 0.1) is 19.9 Å². The average molecular weight is 331 g/mol. The summed E-state index contributed by atoms with van der Waals surface area (Å²) in [6, 6.07) is 8.10. The largest absolute Gasteiger partial charge is 0.379 e. The van der Waals surface area contributed by atoms with Gasteiger partial charge in [-0.2, -0.15) is 0 Å². The van der Waals surface area contributed by atoms with E-state index in [-0.39, 0.29) is 30.8 Å². The molecule has 1 unspecified atom stereocenters. The first-order chi connectivity index (χ1) is 11.6. The van der Waals surface area contributed by atoms with Crippen molar-refractivity contribution in [3.63, 3.8) is 0 Å². The molecule has 0 saturated carbocycles. The first-order valence-electron chi connectivity index (χ1n) is 8.15. The fourth-order valence-electron chi connectivity index (χ4n) is 2.89. The van der Waals surface area contributed by atoms with Gasteiger partial charge in [-0.25, -0.2) is 0 Å². The van der Waals surface area contributed by atoms with Gasteiger partial charge in [0.1, 0.15) is 6.04 Å². The Morgan fingerprint density at radius 3 is 2.58 bits per heavy atom. The highest BCUT2D eigenvalue weighted by molar-refractivity contribution is 6.03. The van der Waals surface area contributed by atoms with Crippen LogP contribution in [0.3, 0.4) is 0 Å². The number of nitrogens with zero attached hydrogens (tertiary/aromatic N) is 2. The average Bonchev–Trinajstić information content (AvgIpc) is 2.62. The molecule has 2 heterocycles. The molecular formula is C17H21N3O4. The Morgan fingerprint density at radius 1 is 1.17 bits per heavy atom. The van der Waals surface area contributed by atoms with Gasteiger partial charge < -0.3 is 10.1 Å². The van der Waals surface area contributed by atoms with Gasteiger partial charge in [-0.05, 0) is 18.6 Å². The topological polar surface area (TPSA) is 79.0 Å². The van der Waals surface area contributed by atoms with E-state index in [1.807, 2.05) is 11.0 Å². The summed E-state index contributed by atoms with van der Waals surface area (Å²) in [5.41, 5.74) is 0.502. The summed E-state index contributed by atoms with van der Waals surface area (Å²) in [6.45, 7) is 2.85. The lowest BCUT2D eigenvalue weighted by Crippen LogP contribution is -2.57. The molecule has 1 N–H and O–H groups in total. The van der Waals surface area contributed by atoms with E-state index in [2.05, 4.69) is 5.32 Å². The first-order valence-corrected chi connectivity index (χ1v) is 8.15. The van der Waals surface area contributed by atoms with Crippen LogP contribution in [0.5, 0.6) is 0 Å². The zero-order chi connectivity index (χ0) is 16.9. The summed E-state index contributed by atoms with van der Waals surface area (Å²) in [5, 5.41) is 2.75. The molecule has 7 heteroatoms. The highest BCUT2D eigenvalue weighted by atomic mass is 16.5. The number of carbonyl (C=O) groups excluding carboxylic acids is 3. The van der Waals surface area contributed by atoms with Crippen molar-refractivity contribution in [2.24, 2.45) is 0 Å². The van der Waals surface area contributed by atoms with Gasteiger partial charge >= 0.3 is 0 Å². The van der Waals surface area contributed by atoms with Gasteiger partial charge in [-0.1, -0.05) is 18.2 Å². The third-order valence-corrected chi connectivity index (χ3v) is 4.30. The highest BCUT2D eigenvalue weighted by Crippen LogP contribution is 2.15. The minimum Gasteiger partial charge on any atom is -0.379 e. The normalized spacial score (nSPS) is 22.5. The molecule has 2 fully saturated rings. The molecule has 128 valence electrons. The lowest BCUT2D eigenvalue weighted by atomic mass is 10.0. The second-order valence-corrected chi connectivity index (χ2v) is 5.96. The first kappa shape index (κ1) is 16.6. The van der Waals surface area contributed by atoms with E-state index in [0.29, 0.717) is 38.3 Å². The van der Waals surface area contributed by atoms with Crippen LogP contribution in [0.25, 0.3) is 0 Å². The molecule has 1 atom stereocenters. The molecule has 0 aliphatic carbocycles. The third kappa shape index (κ3) is 3.80. The van der Waals surface area contributed by atoms with Gasteiger partial charge in [0.25, 0.3) is 11.8 Å². The van der Waals surface area contributed by atoms with E-state index < -0.39 is 6.04 Å². The van der Waals surface area contributed by atoms with Crippen molar-refractivity contribution in [3.8, 4) is 0 Å². The minimum atomic E-state index is -0.656. The van der Waals surface area contributed by atoms with Gasteiger partial charge in [0.15, 0.2) is 0 Å². The molecule has 1 aromatic carbocycles. The maximum absolute atomic E-state index is 12.6. The van der Waals surface area contributed by atoms with E-state index in [9.17, 15) is 14.4 Å². The standard InChI is InChI=1S/C17H21N3O4/c21-15-7-6-14(18-16(22)13-4-2-1-3-5-13)17(23)20(15)12-19-8-10-24-11-9-19/h1-5,14H,6-12H2,(H,18,22).